The second-order valence-electron chi connectivity index (χ2n) is 6.81. The molecule has 1 atom stereocenters. The van der Waals surface area contributed by atoms with Gasteiger partial charge in [-0.05, 0) is 49.4 Å². The van der Waals surface area contributed by atoms with Gasteiger partial charge in [0, 0.05) is 28.6 Å². The van der Waals surface area contributed by atoms with E-state index in [1.807, 2.05) is 73.7 Å². The fraction of sp³-hybridized carbons (Fsp3) is 0.208. The molecule has 30 heavy (non-hydrogen) atoms. The fourth-order valence-corrected chi connectivity index (χ4v) is 3.68. The molecule has 0 bridgehead atoms. The molecule has 1 aliphatic rings. The van der Waals surface area contributed by atoms with Crippen molar-refractivity contribution >= 4 is 17.3 Å². The largest absolute Gasteiger partial charge is 0.494 e. The number of carbonyl (C=O) groups is 1. The third kappa shape index (κ3) is 3.52. The number of benzene rings is 3. The van der Waals surface area contributed by atoms with Gasteiger partial charge in [-0.3, -0.25) is 9.69 Å². The number of methoxy groups -OCH3 is 2. The van der Waals surface area contributed by atoms with Gasteiger partial charge in [-0.25, -0.2) is 0 Å². The first-order valence-electron chi connectivity index (χ1n) is 9.80. The molecule has 1 N–H and O–H groups in total. The van der Waals surface area contributed by atoms with Gasteiger partial charge in [0.1, 0.15) is 11.9 Å². The summed E-state index contributed by atoms with van der Waals surface area (Å²) in [5, 5.41) is 3.48. The number of ether oxygens (including phenoxy) is 3. The molecule has 6 heteroatoms. The summed E-state index contributed by atoms with van der Waals surface area (Å²) in [6, 6.07) is 20.8. The maximum atomic E-state index is 13.2. The van der Waals surface area contributed by atoms with Crippen molar-refractivity contribution in [2.75, 3.05) is 31.0 Å². The van der Waals surface area contributed by atoms with Crippen molar-refractivity contribution in [2.24, 2.45) is 0 Å². The molecule has 0 aliphatic carbocycles. The standard InChI is InChI=1S/C24H24N2O4/c1-4-30-18-12-10-17(11-13-18)26-23(19-7-5-6-8-20(19)24(26)27)25-16-9-14-21(28-2)22(15-16)29-3/h5-15,23,25H,4H2,1-3H3/t23-/m1/s1. The van der Waals surface area contributed by atoms with Crippen LogP contribution in [0.5, 0.6) is 17.2 Å². The lowest BCUT2D eigenvalue weighted by Crippen LogP contribution is -2.32. The zero-order chi connectivity index (χ0) is 21.1. The van der Waals surface area contributed by atoms with Crippen LogP contribution < -0.4 is 24.4 Å². The van der Waals surface area contributed by atoms with Crippen LogP contribution in [0.2, 0.25) is 0 Å². The smallest absolute Gasteiger partial charge is 0.260 e. The first-order chi connectivity index (χ1) is 14.7. The fourth-order valence-electron chi connectivity index (χ4n) is 3.68. The number of hydrogen-bond donors (Lipinski definition) is 1. The van der Waals surface area contributed by atoms with E-state index in [1.54, 1.807) is 19.1 Å². The minimum Gasteiger partial charge on any atom is -0.494 e. The molecule has 154 valence electrons. The number of hydrogen-bond acceptors (Lipinski definition) is 5. The second-order valence-corrected chi connectivity index (χ2v) is 6.81. The molecule has 0 aromatic heterocycles. The van der Waals surface area contributed by atoms with Crippen LogP contribution in [-0.2, 0) is 0 Å². The van der Waals surface area contributed by atoms with Crippen LogP contribution in [0.25, 0.3) is 0 Å². The van der Waals surface area contributed by atoms with Crippen molar-refractivity contribution < 1.29 is 19.0 Å². The zero-order valence-electron chi connectivity index (χ0n) is 17.2. The van der Waals surface area contributed by atoms with Gasteiger partial charge in [-0.1, -0.05) is 18.2 Å². The Balaban J connectivity index is 1.71. The van der Waals surface area contributed by atoms with Crippen molar-refractivity contribution in [3.05, 3.63) is 77.9 Å². The Hall–Kier alpha value is -3.67. The topological polar surface area (TPSA) is 60.0 Å². The second kappa shape index (κ2) is 8.37. The molecule has 0 radical (unpaired) electrons. The molecule has 0 saturated heterocycles. The van der Waals surface area contributed by atoms with Gasteiger partial charge in [0.05, 0.1) is 20.8 Å². The van der Waals surface area contributed by atoms with Gasteiger partial charge in [0.15, 0.2) is 11.5 Å². The summed E-state index contributed by atoms with van der Waals surface area (Å²) in [5.41, 5.74) is 3.21. The molecule has 0 spiro atoms. The summed E-state index contributed by atoms with van der Waals surface area (Å²) < 4.78 is 16.3. The van der Waals surface area contributed by atoms with Crippen molar-refractivity contribution in [1.29, 1.82) is 0 Å². The van der Waals surface area contributed by atoms with Crippen LogP contribution in [0.4, 0.5) is 11.4 Å². The van der Waals surface area contributed by atoms with Gasteiger partial charge >= 0.3 is 0 Å². The van der Waals surface area contributed by atoms with Gasteiger partial charge in [-0.2, -0.15) is 0 Å². The molecule has 6 nitrogen and oxygen atoms in total. The highest BCUT2D eigenvalue weighted by Crippen LogP contribution is 2.39. The lowest BCUT2D eigenvalue weighted by atomic mass is 10.1. The minimum atomic E-state index is -0.357. The highest BCUT2D eigenvalue weighted by atomic mass is 16.5. The summed E-state index contributed by atoms with van der Waals surface area (Å²) in [5.74, 6) is 1.99. The Morgan fingerprint density at radius 1 is 0.933 bits per heavy atom. The molecule has 0 fully saturated rings. The average molecular weight is 404 g/mol. The lowest BCUT2D eigenvalue weighted by Gasteiger charge is -2.27. The molecule has 0 unspecified atom stereocenters. The zero-order valence-corrected chi connectivity index (χ0v) is 17.2. The molecular formula is C24H24N2O4. The molecule has 4 rings (SSSR count). The third-order valence-corrected chi connectivity index (χ3v) is 5.08. The molecular weight excluding hydrogens is 380 g/mol. The number of nitrogens with one attached hydrogen (secondary N) is 1. The Bertz CT molecular complexity index is 1050. The van der Waals surface area contributed by atoms with E-state index in [0.717, 1.165) is 22.7 Å². The van der Waals surface area contributed by atoms with Crippen molar-refractivity contribution in [2.45, 2.75) is 13.1 Å². The molecule has 0 saturated carbocycles. The van der Waals surface area contributed by atoms with Crippen LogP contribution >= 0.6 is 0 Å². The summed E-state index contributed by atoms with van der Waals surface area (Å²) in [7, 11) is 3.20. The maximum Gasteiger partial charge on any atom is 0.260 e. The van der Waals surface area contributed by atoms with Gasteiger partial charge in [0.25, 0.3) is 5.91 Å². The predicted molar refractivity (Wildman–Crippen MR) is 117 cm³/mol. The van der Waals surface area contributed by atoms with Crippen LogP contribution in [0.3, 0.4) is 0 Å². The quantitative estimate of drug-likeness (QED) is 0.609. The number of carbonyl (C=O) groups excluding carboxylic acids is 1. The third-order valence-electron chi connectivity index (χ3n) is 5.08. The predicted octanol–water partition coefficient (Wildman–Crippen LogP) is 4.87. The number of fused-ring (bicyclic) bond motifs is 1. The van der Waals surface area contributed by atoms with Crippen molar-refractivity contribution in [1.82, 2.24) is 0 Å². The SMILES string of the molecule is CCOc1ccc(N2C(=O)c3ccccc3[C@@H]2Nc2ccc(OC)c(OC)c2)cc1. The summed E-state index contributed by atoms with van der Waals surface area (Å²) in [4.78, 5) is 15.0. The van der Waals surface area contributed by atoms with Crippen molar-refractivity contribution in [3.8, 4) is 17.2 Å². The normalized spacial score (nSPS) is 15.0. The maximum absolute atomic E-state index is 13.2. The van der Waals surface area contributed by atoms with Crippen LogP contribution in [0.15, 0.2) is 66.7 Å². The highest BCUT2D eigenvalue weighted by molar-refractivity contribution is 6.11. The van der Waals surface area contributed by atoms with E-state index in [2.05, 4.69) is 5.32 Å². The Morgan fingerprint density at radius 3 is 2.37 bits per heavy atom. The first kappa shape index (κ1) is 19.6. The Morgan fingerprint density at radius 2 is 1.67 bits per heavy atom. The van der Waals surface area contributed by atoms with E-state index in [4.69, 9.17) is 14.2 Å². The van der Waals surface area contributed by atoms with Crippen LogP contribution in [0, 0.1) is 0 Å². The van der Waals surface area contributed by atoms with Crippen LogP contribution in [-0.4, -0.2) is 26.7 Å². The number of nitrogens with zero attached hydrogens (tertiary/aromatic N) is 1. The first-order valence-corrected chi connectivity index (χ1v) is 9.80. The lowest BCUT2D eigenvalue weighted by molar-refractivity contribution is 0.0993. The van der Waals surface area contributed by atoms with E-state index < -0.39 is 0 Å². The molecule has 3 aromatic rings. The molecule has 1 amide bonds. The minimum absolute atomic E-state index is 0.0484. The van der Waals surface area contributed by atoms with Gasteiger partial charge in [-0.15, -0.1) is 0 Å². The molecule has 1 heterocycles. The Labute approximate surface area is 176 Å². The van der Waals surface area contributed by atoms with Gasteiger partial charge < -0.3 is 19.5 Å². The summed E-state index contributed by atoms with van der Waals surface area (Å²) in [6.07, 6.45) is -0.357. The molecule has 1 aliphatic heterocycles. The van der Waals surface area contributed by atoms with E-state index in [1.165, 1.54) is 0 Å². The molecule has 3 aromatic carbocycles. The van der Waals surface area contributed by atoms with E-state index in [-0.39, 0.29) is 12.1 Å². The summed E-state index contributed by atoms with van der Waals surface area (Å²) >= 11 is 0. The average Bonchev–Trinajstić information content (AvgIpc) is 3.06. The monoisotopic (exact) mass is 404 g/mol. The number of rotatable bonds is 7. The number of anilines is 2. The van der Waals surface area contributed by atoms with E-state index >= 15 is 0 Å². The van der Waals surface area contributed by atoms with Gasteiger partial charge in [0.2, 0.25) is 0 Å². The number of amides is 1. The van der Waals surface area contributed by atoms with Crippen LogP contribution in [0.1, 0.15) is 29.0 Å². The Kier molecular flexibility index (Phi) is 5.48. The summed E-state index contributed by atoms with van der Waals surface area (Å²) in [6.45, 7) is 2.54. The van der Waals surface area contributed by atoms with E-state index in [0.29, 0.717) is 23.7 Å². The van der Waals surface area contributed by atoms with E-state index in [9.17, 15) is 4.79 Å². The van der Waals surface area contributed by atoms with Crippen molar-refractivity contribution in [3.63, 3.8) is 0 Å². The highest BCUT2D eigenvalue weighted by Gasteiger charge is 2.37.